The van der Waals surface area contributed by atoms with Crippen molar-refractivity contribution >= 4 is 44.7 Å². The predicted octanol–water partition coefficient (Wildman–Crippen LogP) is 3.84. The normalized spacial score (nSPS) is 10.2. The quantitative estimate of drug-likeness (QED) is 0.812. The van der Waals surface area contributed by atoms with E-state index in [0.29, 0.717) is 17.0 Å². The first-order valence-electron chi connectivity index (χ1n) is 6.40. The van der Waals surface area contributed by atoms with Crippen molar-refractivity contribution < 1.29 is 4.79 Å². The standard InChI is InChI=1S/C16H15BrN2OS/c1-10-2-5-12(17)9-14(10)16(20)19-13-6-3-11(4-7-13)8-15(18)21/h2-7,9H,8H2,1H3,(H2,18,21)(H,19,20). The number of carbonyl (C=O) groups is 1. The van der Waals surface area contributed by atoms with Gasteiger partial charge in [-0.05, 0) is 42.3 Å². The maximum Gasteiger partial charge on any atom is 0.255 e. The molecule has 2 rings (SSSR count). The van der Waals surface area contributed by atoms with E-state index in [9.17, 15) is 4.79 Å². The summed E-state index contributed by atoms with van der Waals surface area (Å²) in [6.45, 7) is 1.91. The summed E-state index contributed by atoms with van der Waals surface area (Å²) in [5.74, 6) is -0.129. The first kappa shape index (κ1) is 15.7. The number of thiocarbonyl (C=S) groups is 1. The fraction of sp³-hybridized carbons (Fsp3) is 0.125. The lowest BCUT2D eigenvalue weighted by atomic mass is 10.1. The number of halogens is 1. The minimum atomic E-state index is -0.129. The highest BCUT2D eigenvalue weighted by Crippen LogP contribution is 2.18. The Labute approximate surface area is 137 Å². The van der Waals surface area contributed by atoms with Gasteiger partial charge in [0.1, 0.15) is 0 Å². The lowest BCUT2D eigenvalue weighted by molar-refractivity contribution is 0.102. The van der Waals surface area contributed by atoms with Gasteiger partial charge < -0.3 is 11.1 Å². The van der Waals surface area contributed by atoms with Crippen LogP contribution in [0.2, 0.25) is 0 Å². The topological polar surface area (TPSA) is 55.1 Å². The zero-order chi connectivity index (χ0) is 15.4. The summed E-state index contributed by atoms with van der Waals surface area (Å²) in [4.78, 5) is 12.7. The van der Waals surface area contributed by atoms with E-state index in [2.05, 4.69) is 21.2 Å². The van der Waals surface area contributed by atoms with Crippen LogP contribution in [0.15, 0.2) is 46.9 Å². The third-order valence-electron chi connectivity index (χ3n) is 3.03. The Morgan fingerprint density at radius 2 is 1.90 bits per heavy atom. The minimum absolute atomic E-state index is 0.129. The molecule has 0 unspecified atom stereocenters. The van der Waals surface area contributed by atoms with Gasteiger partial charge in [0.15, 0.2) is 0 Å². The van der Waals surface area contributed by atoms with E-state index in [1.165, 1.54) is 0 Å². The molecule has 0 fully saturated rings. The molecule has 0 aliphatic carbocycles. The Morgan fingerprint density at radius 1 is 1.24 bits per heavy atom. The van der Waals surface area contributed by atoms with Crippen LogP contribution in [0.3, 0.4) is 0 Å². The maximum atomic E-state index is 12.3. The van der Waals surface area contributed by atoms with Crippen LogP contribution in [-0.4, -0.2) is 10.9 Å². The summed E-state index contributed by atoms with van der Waals surface area (Å²) in [7, 11) is 0. The fourth-order valence-corrected chi connectivity index (χ4v) is 2.47. The largest absolute Gasteiger partial charge is 0.393 e. The van der Waals surface area contributed by atoms with E-state index in [1.54, 1.807) is 0 Å². The number of hydrogen-bond donors (Lipinski definition) is 2. The summed E-state index contributed by atoms with van der Waals surface area (Å²) in [5.41, 5.74) is 8.86. The first-order valence-corrected chi connectivity index (χ1v) is 7.60. The molecule has 1 amide bonds. The third-order valence-corrected chi connectivity index (χ3v) is 3.67. The smallest absolute Gasteiger partial charge is 0.255 e. The third kappa shape index (κ3) is 4.37. The molecule has 2 aromatic rings. The average Bonchev–Trinajstić information content (AvgIpc) is 2.43. The number of aryl methyl sites for hydroxylation is 1. The molecule has 0 atom stereocenters. The number of rotatable bonds is 4. The minimum Gasteiger partial charge on any atom is -0.393 e. The molecule has 0 radical (unpaired) electrons. The molecule has 108 valence electrons. The summed E-state index contributed by atoms with van der Waals surface area (Å²) in [6.07, 6.45) is 0.564. The number of amides is 1. The molecular weight excluding hydrogens is 348 g/mol. The van der Waals surface area contributed by atoms with Crippen molar-refractivity contribution in [3.8, 4) is 0 Å². The van der Waals surface area contributed by atoms with E-state index in [0.717, 1.165) is 21.3 Å². The predicted molar refractivity (Wildman–Crippen MR) is 93.8 cm³/mol. The second-order valence-electron chi connectivity index (χ2n) is 4.75. The second kappa shape index (κ2) is 6.83. The zero-order valence-electron chi connectivity index (χ0n) is 11.5. The van der Waals surface area contributed by atoms with Gasteiger partial charge in [-0.2, -0.15) is 0 Å². The van der Waals surface area contributed by atoms with Gasteiger partial charge in [0.25, 0.3) is 5.91 Å². The summed E-state index contributed by atoms with van der Waals surface area (Å²) in [5, 5.41) is 2.88. The summed E-state index contributed by atoms with van der Waals surface area (Å²) >= 11 is 8.25. The number of nitrogens with one attached hydrogen (secondary N) is 1. The number of hydrogen-bond acceptors (Lipinski definition) is 2. The van der Waals surface area contributed by atoms with Crippen LogP contribution in [0.5, 0.6) is 0 Å². The molecule has 2 aromatic carbocycles. The van der Waals surface area contributed by atoms with Crippen molar-refractivity contribution in [2.75, 3.05) is 5.32 Å². The molecule has 0 saturated carbocycles. The van der Waals surface area contributed by atoms with Crippen molar-refractivity contribution in [3.63, 3.8) is 0 Å². The lowest BCUT2D eigenvalue weighted by Crippen LogP contribution is -2.14. The van der Waals surface area contributed by atoms with Crippen molar-refractivity contribution in [3.05, 3.63) is 63.6 Å². The van der Waals surface area contributed by atoms with E-state index >= 15 is 0 Å². The Balaban J connectivity index is 2.12. The van der Waals surface area contributed by atoms with Crippen LogP contribution < -0.4 is 11.1 Å². The van der Waals surface area contributed by atoms with Gasteiger partial charge in [0.2, 0.25) is 0 Å². The number of nitrogens with two attached hydrogens (primary N) is 1. The van der Waals surface area contributed by atoms with Gasteiger partial charge in [-0.1, -0.05) is 46.3 Å². The van der Waals surface area contributed by atoms with E-state index in [4.69, 9.17) is 18.0 Å². The maximum absolute atomic E-state index is 12.3. The Kier molecular flexibility index (Phi) is 5.09. The molecule has 0 aliphatic heterocycles. The molecule has 21 heavy (non-hydrogen) atoms. The number of anilines is 1. The van der Waals surface area contributed by atoms with Crippen molar-refractivity contribution in [1.82, 2.24) is 0 Å². The van der Waals surface area contributed by atoms with Crippen molar-refractivity contribution in [2.24, 2.45) is 5.73 Å². The molecular formula is C16H15BrN2OS. The highest BCUT2D eigenvalue weighted by Gasteiger charge is 2.09. The summed E-state index contributed by atoms with van der Waals surface area (Å²) in [6, 6.07) is 13.1. The van der Waals surface area contributed by atoms with Gasteiger partial charge in [-0.15, -0.1) is 0 Å². The van der Waals surface area contributed by atoms with E-state index in [1.807, 2.05) is 49.4 Å². The van der Waals surface area contributed by atoms with Crippen LogP contribution in [0, 0.1) is 6.92 Å². The van der Waals surface area contributed by atoms with Gasteiger partial charge in [-0.3, -0.25) is 4.79 Å². The molecule has 0 bridgehead atoms. The Bertz CT molecular complexity index is 683. The second-order valence-corrected chi connectivity index (χ2v) is 6.19. The molecule has 0 saturated heterocycles. The molecule has 0 heterocycles. The van der Waals surface area contributed by atoms with Crippen LogP contribution in [0.1, 0.15) is 21.5 Å². The first-order chi connectivity index (χ1) is 9.95. The Hall–Kier alpha value is -1.72. The monoisotopic (exact) mass is 362 g/mol. The van der Waals surface area contributed by atoms with Gasteiger partial charge in [0, 0.05) is 22.1 Å². The highest BCUT2D eigenvalue weighted by atomic mass is 79.9. The average molecular weight is 363 g/mol. The molecule has 5 heteroatoms. The fourth-order valence-electron chi connectivity index (χ4n) is 1.94. The molecule has 0 aliphatic rings. The van der Waals surface area contributed by atoms with Gasteiger partial charge in [-0.25, -0.2) is 0 Å². The Morgan fingerprint density at radius 3 is 2.52 bits per heavy atom. The number of benzene rings is 2. The van der Waals surface area contributed by atoms with Crippen molar-refractivity contribution in [2.45, 2.75) is 13.3 Å². The molecule has 0 aromatic heterocycles. The number of carbonyl (C=O) groups excluding carboxylic acids is 1. The van der Waals surface area contributed by atoms with E-state index in [-0.39, 0.29) is 5.91 Å². The van der Waals surface area contributed by atoms with Crippen LogP contribution in [-0.2, 0) is 6.42 Å². The van der Waals surface area contributed by atoms with Crippen molar-refractivity contribution in [1.29, 1.82) is 0 Å². The molecule has 3 nitrogen and oxygen atoms in total. The molecule has 3 N–H and O–H groups in total. The highest BCUT2D eigenvalue weighted by molar-refractivity contribution is 9.10. The molecule has 0 spiro atoms. The SMILES string of the molecule is Cc1ccc(Br)cc1C(=O)Nc1ccc(CC(N)=S)cc1. The van der Waals surface area contributed by atoms with E-state index < -0.39 is 0 Å². The van der Waals surface area contributed by atoms with Crippen LogP contribution >= 0.6 is 28.1 Å². The van der Waals surface area contributed by atoms with Gasteiger partial charge >= 0.3 is 0 Å². The zero-order valence-corrected chi connectivity index (χ0v) is 13.9. The summed E-state index contributed by atoms with van der Waals surface area (Å²) < 4.78 is 0.880. The lowest BCUT2D eigenvalue weighted by Gasteiger charge is -2.09. The van der Waals surface area contributed by atoms with Crippen LogP contribution in [0.4, 0.5) is 5.69 Å². The van der Waals surface area contributed by atoms with Crippen LogP contribution in [0.25, 0.3) is 0 Å². The van der Waals surface area contributed by atoms with Gasteiger partial charge in [0.05, 0.1) is 4.99 Å².